The molecule has 0 bridgehead atoms. The third-order valence-corrected chi connectivity index (χ3v) is 6.82. The van der Waals surface area contributed by atoms with E-state index in [4.69, 9.17) is 0 Å². The van der Waals surface area contributed by atoms with E-state index in [2.05, 4.69) is 25.4 Å². The molecule has 36 heavy (non-hydrogen) atoms. The highest BCUT2D eigenvalue weighted by atomic mass is 32.1. The average molecular weight is 516 g/mol. The van der Waals surface area contributed by atoms with Crippen LogP contribution in [0.5, 0.6) is 0 Å². The molecular weight excluding hydrogens is 495 g/mol. The summed E-state index contributed by atoms with van der Waals surface area (Å²) in [5.41, 5.74) is -0.325. The molecule has 2 N–H and O–H groups in total. The highest BCUT2D eigenvalue weighted by molar-refractivity contribution is 7.13. The van der Waals surface area contributed by atoms with Crippen LogP contribution in [0.15, 0.2) is 48.0 Å². The van der Waals surface area contributed by atoms with E-state index in [1.54, 1.807) is 36.7 Å². The Kier molecular flexibility index (Phi) is 5.75. The molecule has 1 unspecified atom stereocenters. The van der Waals surface area contributed by atoms with E-state index in [0.29, 0.717) is 34.9 Å². The molecule has 1 aliphatic heterocycles. The lowest BCUT2D eigenvalue weighted by Gasteiger charge is -2.21. The first kappa shape index (κ1) is 23.9. The van der Waals surface area contributed by atoms with Gasteiger partial charge in [-0.2, -0.15) is 18.3 Å². The SMILES string of the molecule is CN1CCC(O)(c2cccc(-c3nc(-c4ccnc(Nc5cc(C(F)(F)F)nn5C)n4)cs3)c2)C1=O. The topological polar surface area (TPSA) is 109 Å². The summed E-state index contributed by atoms with van der Waals surface area (Å²) in [6.07, 6.45) is -2.78. The molecule has 9 nitrogen and oxygen atoms in total. The zero-order valence-electron chi connectivity index (χ0n) is 19.1. The van der Waals surface area contributed by atoms with Gasteiger partial charge in [0.1, 0.15) is 16.5 Å². The molecule has 0 aliphatic carbocycles. The van der Waals surface area contributed by atoms with Gasteiger partial charge in [0.25, 0.3) is 5.91 Å². The van der Waals surface area contributed by atoms with Crippen LogP contribution in [0.3, 0.4) is 0 Å². The van der Waals surface area contributed by atoms with Crippen molar-refractivity contribution in [3.05, 3.63) is 59.2 Å². The Morgan fingerprint density at radius 1 is 1.14 bits per heavy atom. The fraction of sp³-hybridized carbons (Fsp3) is 0.261. The van der Waals surface area contributed by atoms with E-state index in [1.165, 1.54) is 29.5 Å². The highest BCUT2D eigenvalue weighted by Gasteiger charge is 2.45. The average Bonchev–Trinajstić information content (AvgIpc) is 3.55. The second kappa shape index (κ2) is 8.68. The number of aliphatic hydroxyl groups is 1. The van der Waals surface area contributed by atoms with Crippen LogP contribution in [-0.2, 0) is 23.6 Å². The molecule has 186 valence electrons. The number of nitrogens with zero attached hydrogens (tertiary/aromatic N) is 6. The maximum Gasteiger partial charge on any atom is 0.435 e. The molecule has 0 saturated carbocycles. The summed E-state index contributed by atoms with van der Waals surface area (Å²) in [4.78, 5) is 27.1. The van der Waals surface area contributed by atoms with Gasteiger partial charge in [0.15, 0.2) is 11.3 Å². The van der Waals surface area contributed by atoms with Gasteiger partial charge < -0.3 is 15.3 Å². The van der Waals surface area contributed by atoms with Crippen LogP contribution >= 0.6 is 11.3 Å². The normalized spacial score (nSPS) is 18.2. The van der Waals surface area contributed by atoms with Crippen LogP contribution in [-0.4, -0.2) is 54.2 Å². The number of likely N-dealkylation sites (N-methyl/N-ethyl adjacent to an activating group) is 1. The number of halogens is 3. The Morgan fingerprint density at radius 2 is 1.94 bits per heavy atom. The molecule has 1 fully saturated rings. The van der Waals surface area contributed by atoms with Crippen LogP contribution in [0.1, 0.15) is 17.7 Å². The van der Waals surface area contributed by atoms with Gasteiger partial charge in [-0.15, -0.1) is 11.3 Å². The van der Waals surface area contributed by atoms with Crippen LogP contribution in [0.25, 0.3) is 22.0 Å². The van der Waals surface area contributed by atoms with Crippen molar-refractivity contribution in [1.82, 2.24) is 29.6 Å². The summed E-state index contributed by atoms with van der Waals surface area (Å²) in [5, 5.41) is 19.6. The minimum atomic E-state index is -4.56. The summed E-state index contributed by atoms with van der Waals surface area (Å²) in [6.45, 7) is 0.474. The molecule has 4 heterocycles. The van der Waals surface area contributed by atoms with Gasteiger partial charge in [0.05, 0.1) is 5.69 Å². The lowest BCUT2D eigenvalue weighted by molar-refractivity contribution is -0.143. The number of likely N-dealkylation sites (tertiary alicyclic amines) is 1. The fourth-order valence-electron chi connectivity index (χ4n) is 3.95. The predicted octanol–water partition coefficient (Wildman–Crippen LogP) is 3.81. The molecule has 13 heteroatoms. The van der Waals surface area contributed by atoms with Crippen molar-refractivity contribution in [2.24, 2.45) is 7.05 Å². The molecule has 1 amide bonds. The monoisotopic (exact) mass is 515 g/mol. The van der Waals surface area contributed by atoms with Crippen LogP contribution in [0, 0.1) is 0 Å². The molecule has 1 aliphatic rings. The van der Waals surface area contributed by atoms with E-state index < -0.39 is 17.5 Å². The zero-order valence-corrected chi connectivity index (χ0v) is 19.9. The number of aryl methyl sites for hydroxylation is 1. The summed E-state index contributed by atoms with van der Waals surface area (Å²) < 4.78 is 39.9. The number of benzene rings is 1. The number of nitrogens with one attached hydrogen (secondary N) is 1. The van der Waals surface area contributed by atoms with E-state index in [0.717, 1.165) is 16.3 Å². The van der Waals surface area contributed by atoms with E-state index in [9.17, 15) is 23.1 Å². The lowest BCUT2D eigenvalue weighted by atomic mass is 9.91. The minimum absolute atomic E-state index is 0.0836. The third-order valence-electron chi connectivity index (χ3n) is 5.93. The van der Waals surface area contributed by atoms with Gasteiger partial charge in [0, 0.05) is 50.3 Å². The number of hydrogen-bond donors (Lipinski definition) is 2. The van der Waals surface area contributed by atoms with E-state index in [1.807, 2.05) is 6.07 Å². The maximum atomic E-state index is 12.9. The molecule has 1 aromatic carbocycles. The van der Waals surface area contributed by atoms with Gasteiger partial charge in [-0.25, -0.2) is 15.0 Å². The molecule has 3 aromatic heterocycles. The number of amides is 1. The Bertz CT molecular complexity index is 1450. The summed E-state index contributed by atoms with van der Waals surface area (Å²) in [5.74, 6) is -0.163. The number of anilines is 2. The Hall–Kier alpha value is -3.84. The number of rotatable bonds is 5. The molecule has 1 atom stereocenters. The Morgan fingerprint density at radius 3 is 2.64 bits per heavy atom. The van der Waals surface area contributed by atoms with E-state index >= 15 is 0 Å². The minimum Gasteiger partial charge on any atom is -0.375 e. The lowest BCUT2D eigenvalue weighted by Crippen LogP contribution is -2.36. The second-order valence-electron chi connectivity index (χ2n) is 8.38. The van der Waals surface area contributed by atoms with Crippen molar-refractivity contribution in [3.63, 3.8) is 0 Å². The van der Waals surface area contributed by atoms with Crippen molar-refractivity contribution in [3.8, 4) is 22.0 Å². The first-order valence-corrected chi connectivity index (χ1v) is 11.7. The number of carbonyl (C=O) groups is 1. The molecule has 4 aromatic rings. The van der Waals surface area contributed by atoms with Crippen molar-refractivity contribution in [2.45, 2.75) is 18.2 Å². The molecule has 1 saturated heterocycles. The van der Waals surface area contributed by atoms with Crippen LogP contribution < -0.4 is 5.32 Å². The smallest absolute Gasteiger partial charge is 0.375 e. The number of carbonyl (C=O) groups excluding carboxylic acids is 1. The standard InChI is InChI=1S/C23H20F3N7O2S/c1-32-9-7-22(35,20(32)34)14-5-3-4-13(10-14)19-28-16(12-36-19)15-6-8-27-21(29-15)30-18-11-17(23(24,25)26)31-33(18)2/h3-6,8,10-12,35H,7,9H2,1-2H3,(H,27,29,30). The third kappa shape index (κ3) is 4.31. The number of hydrogen-bond acceptors (Lipinski definition) is 8. The van der Waals surface area contributed by atoms with Gasteiger partial charge in [0.2, 0.25) is 5.95 Å². The summed E-state index contributed by atoms with van der Waals surface area (Å²) in [7, 11) is 3.04. The largest absolute Gasteiger partial charge is 0.435 e. The Balaban J connectivity index is 1.39. The summed E-state index contributed by atoms with van der Waals surface area (Å²) in [6, 6.07) is 9.61. The quantitative estimate of drug-likeness (QED) is 0.416. The van der Waals surface area contributed by atoms with Gasteiger partial charge in [-0.05, 0) is 17.7 Å². The van der Waals surface area contributed by atoms with Gasteiger partial charge in [-0.1, -0.05) is 18.2 Å². The van der Waals surface area contributed by atoms with Gasteiger partial charge in [-0.3, -0.25) is 9.48 Å². The first-order chi connectivity index (χ1) is 17.0. The first-order valence-electron chi connectivity index (χ1n) is 10.8. The van der Waals surface area contributed by atoms with E-state index in [-0.39, 0.29) is 17.7 Å². The second-order valence-corrected chi connectivity index (χ2v) is 9.24. The molecule has 0 radical (unpaired) electrons. The van der Waals surface area contributed by atoms with Crippen LogP contribution in [0.4, 0.5) is 24.9 Å². The molecular formula is C23H20F3N7O2S. The van der Waals surface area contributed by atoms with Crippen molar-refractivity contribution in [1.29, 1.82) is 0 Å². The Labute approximate surface area is 207 Å². The number of aromatic nitrogens is 5. The maximum absolute atomic E-state index is 12.9. The number of thiazole rings is 1. The van der Waals surface area contributed by atoms with Crippen molar-refractivity contribution < 1.29 is 23.1 Å². The fourth-order valence-corrected chi connectivity index (χ4v) is 4.76. The van der Waals surface area contributed by atoms with Gasteiger partial charge >= 0.3 is 6.18 Å². The van der Waals surface area contributed by atoms with Crippen molar-refractivity contribution in [2.75, 3.05) is 18.9 Å². The van der Waals surface area contributed by atoms with Crippen molar-refractivity contribution >= 4 is 29.0 Å². The number of alkyl halides is 3. The zero-order chi connectivity index (χ0) is 25.7. The van der Waals surface area contributed by atoms with Crippen LogP contribution in [0.2, 0.25) is 0 Å². The summed E-state index contributed by atoms with van der Waals surface area (Å²) >= 11 is 1.36. The highest BCUT2D eigenvalue weighted by Crippen LogP contribution is 2.36. The molecule has 0 spiro atoms. The molecule has 5 rings (SSSR count). The predicted molar refractivity (Wildman–Crippen MR) is 126 cm³/mol.